The Morgan fingerprint density at radius 3 is 2.43 bits per heavy atom. The van der Waals surface area contributed by atoms with Crippen LogP contribution < -0.4 is 19.7 Å². The molecule has 0 atom stereocenters. The van der Waals surface area contributed by atoms with Crippen molar-refractivity contribution >= 4 is 40.4 Å². The lowest BCUT2D eigenvalue weighted by Crippen LogP contribution is -2.32. The first-order chi connectivity index (χ1) is 14.6. The molecule has 0 aliphatic carbocycles. The number of nitrogens with one attached hydrogen (secondary N) is 1. The first-order valence-corrected chi connectivity index (χ1v) is 9.60. The quantitative estimate of drug-likeness (QED) is 0.633. The highest BCUT2D eigenvalue weighted by Gasteiger charge is 2.40. The molecule has 0 unspecified atom stereocenters. The number of anilines is 2. The number of hydrogen-bond donors (Lipinski definition) is 1. The lowest BCUT2D eigenvalue weighted by atomic mass is 10.0. The van der Waals surface area contributed by atoms with Gasteiger partial charge in [0.15, 0.2) is 11.5 Å². The molecule has 30 heavy (non-hydrogen) atoms. The van der Waals surface area contributed by atoms with Gasteiger partial charge in [0.25, 0.3) is 11.8 Å². The molecule has 0 saturated heterocycles. The molecule has 3 aromatic rings. The molecular weight excluding hydrogens is 404 g/mol. The van der Waals surface area contributed by atoms with E-state index in [1.807, 2.05) is 18.2 Å². The van der Waals surface area contributed by atoms with Gasteiger partial charge in [0.05, 0.1) is 11.3 Å². The predicted octanol–water partition coefficient (Wildman–Crippen LogP) is 4.47. The molecule has 0 aromatic heterocycles. The summed E-state index contributed by atoms with van der Waals surface area (Å²) in [5.74, 6) is 0.327. The SMILES string of the molecule is O=C1C(Nc2ccc3c(c2)OCO3)=C(c2ccccc2)C(=O)N1c1cccc(Cl)c1. The molecule has 0 spiro atoms. The molecule has 148 valence electrons. The van der Waals surface area contributed by atoms with Gasteiger partial charge in [-0.1, -0.05) is 48.0 Å². The number of nitrogens with zero attached hydrogens (tertiary/aromatic N) is 1. The molecule has 0 bridgehead atoms. The summed E-state index contributed by atoms with van der Waals surface area (Å²) in [4.78, 5) is 27.8. The summed E-state index contributed by atoms with van der Waals surface area (Å²) in [6.07, 6.45) is 0. The minimum absolute atomic E-state index is 0.150. The largest absolute Gasteiger partial charge is 0.454 e. The second-order valence-corrected chi connectivity index (χ2v) is 7.17. The Labute approximate surface area is 177 Å². The minimum Gasteiger partial charge on any atom is -0.454 e. The average Bonchev–Trinajstić information content (AvgIpc) is 3.31. The van der Waals surface area contributed by atoms with Crippen LogP contribution in [0.3, 0.4) is 0 Å². The van der Waals surface area contributed by atoms with Gasteiger partial charge in [-0.2, -0.15) is 0 Å². The fourth-order valence-corrected chi connectivity index (χ4v) is 3.67. The van der Waals surface area contributed by atoms with E-state index in [2.05, 4.69) is 5.32 Å². The number of rotatable bonds is 4. The molecule has 7 heteroatoms. The Bertz CT molecular complexity index is 1210. The molecule has 2 aliphatic rings. The van der Waals surface area contributed by atoms with Crippen molar-refractivity contribution in [1.29, 1.82) is 0 Å². The minimum atomic E-state index is -0.459. The van der Waals surface area contributed by atoms with Crippen molar-refractivity contribution in [2.75, 3.05) is 17.0 Å². The van der Waals surface area contributed by atoms with Crippen molar-refractivity contribution in [3.05, 3.63) is 89.1 Å². The van der Waals surface area contributed by atoms with Crippen molar-refractivity contribution in [2.24, 2.45) is 0 Å². The third-order valence-corrected chi connectivity index (χ3v) is 5.09. The highest BCUT2D eigenvalue weighted by molar-refractivity contribution is 6.46. The maximum Gasteiger partial charge on any atom is 0.282 e. The van der Waals surface area contributed by atoms with Crippen LogP contribution in [0.15, 0.2) is 78.5 Å². The maximum absolute atomic E-state index is 13.3. The van der Waals surface area contributed by atoms with Gasteiger partial charge in [-0.15, -0.1) is 0 Å². The molecule has 5 rings (SSSR count). The summed E-state index contributed by atoms with van der Waals surface area (Å²) in [7, 11) is 0. The third kappa shape index (κ3) is 3.07. The summed E-state index contributed by atoms with van der Waals surface area (Å²) in [5.41, 5.74) is 2.14. The van der Waals surface area contributed by atoms with E-state index in [-0.39, 0.29) is 12.5 Å². The zero-order valence-electron chi connectivity index (χ0n) is 15.6. The van der Waals surface area contributed by atoms with E-state index in [9.17, 15) is 9.59 Å². The molecular formula is C23H15ClN2O4. The van der Waals surface area contributed by atoms with Gasteiger partial charge in [-0.3, -0.25) is 9.59 Å². The van der Waals surface area contributed by atoms with Crippen molar-refractivity contribution < 1.29 is 19.1 Å². The summed E-state index contributed by atoms with van der Waals surface area (Å²) in [5, 5.41) is 3.55. The number of amides is 2. The Morgan fingerprint density at radius 2 is 1.63 bits per heavy atom. The van der Waals surface area contributed by atoms with E-state index in [0.717, 1.165) is 4.90 Å². The lowest BCUT2D eigenvalue weighted by molar-refractivity contribution is -0.120. The van der Waals surface area contributed by atoms with Crippen LogP contribution in [0.5, 0.6) is 11.5 Å². The van der Waals surface area contributed by atoms with Gasteiger partial charge in [-0.25, -0.2) is 4.90 Å². The second kappa shape index (κ2) is 7.24. The standard InChI is InChI=1S/C23H15ClN2O4/c24-15-7-4-8-17(11-15)26-22(27)20(14-5-2-1-3-6-14)21(23(26)28)25-16-9-10-18-19(12-16)30-13-29-18/h1-12,25H,13H2. The lowest BCUT2D eigenvalue weighted by Gasteiger charge is -2.15. The van der Waals surface area contributed by atoms with E-state index in [1.165, 1.54) is 0 Å². The summed E-state index contributed by atoms with van der Waals surface area (Å²) < 4.78 is 10.7. The van der Waals surface area contributed by atoms with Crippen LogP contribution >= 0.6 is 11.6 Å². The fourth-order valence-electron chi connectivity index (χ4n) is 3.49. The van der Waals surface area contributed by atoms with Crippen LogP contribution in [0.2, 0.25) is 5.02 Å². The summed E-state index contributed by atoms with van der Waals surface area (Å²) in [6.45, 7) is 0.150. The molecule has 0 radical (unpaired) electrons. The first-order valence-electron chi connectivity index (χ1n) is 9.22. The van der Waals surface area contributed by atoms with Crippen LogP contribution in [-0.2, 0) is 9.59 Å². The van der Waals surface area contributed by atoms with Crippen LogP contribution in [0.25, 0.3) is 5.57 Å². The van der Waals surface area contributed by atoms with Gasteiger partial charge in [0.1, 0.15) is 5.70 Å². The molecule has 1 N–H and O–H groups in total. The number of carbonyl (C=O) groups is 2. The summed E-state index contributed by atoms with van der Waals surface area (Å²) >= 11 is 6.09. The third-order valence-electron chi connectivity index (χ3n) is 4.85. The first kappa shape index (κ1) is 18.3. The molecule has 0 saturated carbocycles. The zero-order chi connectivity index (χ0) is 20.7. The van der Waals surface area contributed by atoms with Crippen molar-refractivity contribution in [1.82, 2.24) is 0 Å². The number of halogens is 1. The van der Waals surface area contributed by atoms with E-state index in [0.29, 0.717) is 39.0 Å². The normalized spacial score (nSPS) is 15.2. The number of hydrogen-bond acceptors (Lipinski definition) is 5. The van der Waals surface area contributed by atoms with E-state index in [4.69, 9.17) is 21.1 Å². The number of imide groups is 1. The Balaban J connectivity index is 1.59. The van der Waals surface area contributed by atoms with Crippen molar-refractivity contribution in [3.63, 3.8) is 0 Å². The number of ether oxygens (including phenoxy) is 2. The maximum atomic E-state index is 13.3. The number of carbonyl (C=O) groups excluding carboxylic acids is 2. The zero-order valence-corrected chi connectivity index (χ0v) is 16.3. The van der Waals surface area contributed by atoms with Crippen molar-refractivity contribution in [3.8, 4) is 11.5 Å². The molecule has 2 aliphatic heterocycles. The highest BCUT2D eigenvalue weighted by atomic mass is 35.5. The average molecular weight is 419 g/mol. The van der Waals surface area contributed by atoms with E-state index < -0.39 is 11.8 Å². The second-order valence-electron chi connectivity index (χ2n) is 6.73. The van der Waals surface area contributed by atoms with E-state index in [1.54, 1.807) is 54.6 Å². The van der Waals surface area contributed by atoms with Gasteiger partial charge in [0, 0.05) is 16.8 Å². The molecule has 3 aromatic carbocycles. The van der Waals surface area contributed by atoms with Gasteiger partial charge < -0.3 is 14.8 Å². The van der Waals surface area contributed by atoms with Gasteiger partial charge in [0.2, 0.25) is 6.79 Å². The Kier molecular flexibility index (Phi) is 4.41. The fraction of sp³-hybridized carbons (Fsp3) is 0.0435. The monoisotopic (exact) mass is 418 g/mol. The molecule has 2 heterocycles. The van der Waals surface area contributed by atoms with Gasteiger partial charge in [-0.05, 0) is 35.9 Å². The van der Waals surface area contributed by atoms with E-state index >= 15 is 0 Å². The number of fused-ring (bicyclic) bond motifs is 1. The molecule has 2 amide bonds. The van der Waals surface area contributed by atoms with Crippen LogP contribution in [0.1, 0.15) is 5.56 Å². The smallest absolute Gasteiger partial charge is 0.282 e. The van der Waals surface area contributed by atoms with Crippen LogP contribution in [0.4, 0.5) is 11.4 Å². The molecule has 0 fully saturated rings. The highest BCUT2D eigenvalue weighted by Crippen LogP contribution is 2.37. The Hall–Kier alpha value is -3.77. The topological polar surface area (TPSA) is 67.9 Å². The Morgan fingerprint density at radius 1 is 0.833 bits per heavy atom. The number of benzene rings is 3. The predicted molar refractivity (Wildman–Crippen MR) is 113 cm³/mol. The van der Waals surface area contributed by atoms with Gasteiger partial charge >= 0.3 is 0 Å². The van der Waals surface area contributed by atoms with Crippen LogP contribution in [0, 0.1) is 0 Å². The summed E-state index contributed by atoms with van der Waals surface area (Å²) in [6, 6.07) is 21.0. The van der Waals surface area contributed by atoms with Crippen molar-refractivity contribution in [2.45, 2.75) is 0 Å². The van der Waals surface area contributed by atoms with Crippen LogP contribution in [-0.4, -0.2) is 18.6 Å². The molecule has 6 nitrogen and oxygen atoms in total.